The molecule has 3 aromatic rings. The molecule has 1 aromatic heterocycles. The summed E-state index contributed by atoms with van der Waals surface area (Å²) in [4.78, 5) is 36.7. The third-order valence-corrected chi connectivity index (χ3v) is 4.66. The standard InChI is InChI=1S/C21H21ClN4O3/c1-21(2,3)20(29)23-10-12-4-7-17(22)16(8-12)18(27)25-14-6-5-13-11-24-26-19(28)15(13)9-14/h4-9,11H,10H2,1-3H3,(H,23,29)(H,25,27)(H,26,28). The molecule has 0 saturated heterocycles. The number of halogens is 1. The summed E-state index contributed by atoms with van der Waals surface area (Å²) in [7, 11) is 0. The van der Waals surface area contributed by atoms with E-state index >= 15 is 0 Å². The average molecular weight is 413 g/mol. The normalized spacial score (nSPS) is 11.3. The summed E-state index contributed by atoms with van der Waals surface area (Å²) < 4.78 is 0. The Morgan fingerprint density at radius 2 is 1.90 bits per heavy atom. The van der Waals surface area contributed by atoms with Crippen molar-refractivity contribution in [3.63, 3.8) is 0 Å². The number of nitrogens with zero attached hydrogens (tertiary/aromatic N) is 1. The second-order valence-electron chi connectivity index (χ2n) is 7.70. The smallest absolute Gasteiger partial charge is 0.272 e. The Kier molecular flexibility index (Phi) is 5.70. The van der Waals surface area contributed by atoms with Gasteiger partial charge in [-0.05, 0) is 29.8 Å². The number of carbonyl (C=O) groups excluding carboxylic acids is 2. The summed E-state index contributed by atoms with van der Waals surface area (Å²) in [5.74, 6) is -0.502. The van der Waals surface area contributed by atoms with Crippen LogP contribution in [0.2, 0.25) is 5.02 Å². The molecule has 0 aliphatic heterocycles. The highest BCUT2D eigenvalue weighted by molar-refractivity contribution is 6.34. The summed E-state index contributed by atoms with van der Waals surface area (Å²) in [5, 5.41) is 13.1. The molecule has 0 atom stereocenters. The van der Waals surface area contributed by atoms with E-state index in [1.807, 2.05) is 20.8 Å². The van der Waals surface area contributed by atoms with Crippen molar-refractivity contribution in [2.75, 3.05) is 5.32 Å². The first-order valence-corrected chi connectivity index (χ1v) is 9.38. The highest BCUT2D eigenvalue weighted by atomic mass is 35.5. The van der Waals surface area contributed by atoms with Gasteiger partial charge in [0, 0.05) is 23.0 Å². The lowest BCUT2D eigenvalue weighted by Gasteiger charge is -2.18. The lowest BCUT2D eigenvalue weighted by Crippen LogP contribution is -2.34. The van der Waals surface area contributed by atoms with Crippen LogP contribution in [-0.2, 0) is 11.3 Å². The van der Waals surface area contributed by atoms with Gasteiger partial charge in [0.25, 0.3) is 11.5 Å². The van der Waals surface area contributed by atoms with Crippen molar-refractivity contribution in [1.82, 2.24) is 15.5 Å². The number of hydrogen-bond donors (Lipinski definition) is 3. The second kappa shape index (κ2) is 8.05. The first kappa shape index (κ1) is 20.5. The lowest BCUT2D eigenvalue weighted by atomic mass is 9.95. The van der Waals surface area contributed by atoms with Crippen LogP contribution < -0.4 is 16.2 Å². The molecule has 3 rings (SSSR count). The highest BCUT2D eigenvalue weighted by Gasteiger charge is 2.21. The number of hydrogen-bond acceptors (Lipinski definition) is 4. The van der Waals surface area contributed by atoms with E-state index in [9.17, 15) is 14.4 Å². The Labute approximate surface area is 172 Å². The maximum absolute atomic E-state index is 12.7. The van der Waals surface area contributed by atoms with Gasteiger partial charge in [-0.25, -0.2) is 5.10 Å². The first-order chi connectivity index (χ1) is 13.6. The van der Waals surface area contributed by atoms with Crippen LogP contribution in [0.5, 0.6) is 0 Å². The summed E-state index contributed by atoms with van der Waals surface area (Å²) in [5.41, 5.74) is 0.641. The van der Waals surface area contributed by atoms with E-state index in [1.54, 1.807) is 36.4 Å². The third-order valence-electron chi connectivity index (χ3n) is 4.34. The minimum Gasteiger partial charge on any atom is -0.352 e. The highest BCUT2D eigenvalue weighted by Crippen LogP contribution is 2.21. The first-order valence-electron chi connectivity index (χ1n) is 9.01. The van der Waals surface area contributed by atoms with Crippen LogP contribution in [0.25, 0.3) is 10.8 Å². The zero-order valence-corrected chi connectivity index (χ0v) is 17.1. The lowest BCUT2D eigenvalue weighted by molar-refractivity contribution is -0.128. The molecule has 0 unspecified atom stereocenters. The van der Waals surface area contributed by atoms with Crippen LogP contribution in [0.15, 0.2) is 47.4 Å². The Morgan fingerprint density at radius 3 is 2.62 bits per heavy atom. The molecule has 0 spiro atoms. The van der Waals surface area contributed by atoms with E-state index in [1.165, 1.54) is 6.20 Å². The maximum Gasteiger partial charge on any atom is 0.272 e. The molecule has 0 radical (unpaired) electrons. The van der Waals surface area contributed by atoms with E-state index in [4.69, 9.17) is 11.6 Å². The fourth-order valence-electron chi connectivity index (χ4n) is 2.67. The van der Waals surface area contributed by atoms with Gasteiger partial charge in [0.05, 0.1) is 22.2 Å². The minimum absolute atomic E-state index is 0.0886. The molecule has 150 valence electrons. The van der Waals surface area contributed by atoms with E-state index in [0.717, 1.165) is 5.56 Å². The van der Waals surface area contributed by atoms with E-state index in [-0.39, 0.29) is 28.6 Å². The SMILES string of the molecule is CC(C)(C)C(=O)NCc1ccc(Cl)c(C(=O)Nc2ccc3cn[nH]c(=O)c3c2)c1. The maximum atomic E-state index is 12.7. The Bertz CT molecular complexity index is 1150. The van der Waals surface area contributed by atoms with Crippen molar-refractivity contribution < 1.29 is 9.59 Å². The van der Waals surface area contributed by atoms with Gasteiger partial charge in [-0.2, -0.15) is 5.10 Å². The number of anilines is 1. The number of rotatable bonds is 4. The zero-order chi connectivity index (χ0) is 21.2. The Hall–Kier alpha value is -3.19. The molecule has 0 fully saturated rings. The molecule has 0 saturated carbocycles. The predicted molar refractivity (Wildman–Crippen MR) is 113 cm³/mol. The number of carbonyl (C=O) groups is 2. The number of aromatic amines is 1. The van der Waals surface area contributed by atoms with E-state index < -0.39 is 11.3 Å². The van der Waals surface area contributed by atoms with E-state index in [2.05, 4.69) is 20.8 Å². The molecule has 29 heavy (non-hydrogen) atoms. The number of benzene rings is 2. The average Bonchev–Trinajstić information content (AvgIpc) is 2.67. The van der Waals surface area contributed by atoms with E-state index in [0.29, 0.717) is 16.5 Å². The van der Waals surface area contributed by atoms with Crippen molar-refractivity contribution >= 4 is 39.9 Å². The number of aromatic nitrogens is 2. The fraction of sp³-hybridized carbons (Fsp3) is 0.238. The number of fused-ring (bicyclic) bond motifs is 1. The van der Waals surface area contributed by atoms with Crippen molar-refractivity contribution in [3.8, 4) is 0 Å². The van der Waals surface area contributed by atoms with Crippen molar-refractivity contribution in [2.24, 2.45) is 5.41 Å². The molecular weight excluding hydrogens is 392 g/mol. The van der Waals surface area contributed by atoms with Gasteiger partial charge in [0.2, 0.25) is 5.91 Å². The van der Waals surface area contributed by atoms with Crippen LogP contribution in [0, 0.1) is 5.41 Å². The minimum atomic E-state index is -0.504. The molecule has 2 aromatic carbocycles. The van der Waals surface area contributed by atoms with Crippen LogP contribution >= 0.6 is 11.6 Å². The fourth-order valence-corrected chi connectivity index (χ4v) is 2.87. The third kappa shape index (κ3) is 4.81. The molecule has 1 heterocycles. The molecular formula is C21H21ClN4O3. The molecule has 8 heteroatoms. The molecule has 0 aliphatic carbocycles. The summed E-state index contributed by atoms with van der Waals surface area (Å²) in [6, 6.07) is 9.97. The van der Waals surface area contributed by atoms with Crippen LogP contribution in [0.3, 0.4) is 0 Å². The Morgan fingerprint density at radius 1 is 1.14 bits per heavy atom. The second-order valence-corrected chi connectivity index (χ2v) is 8.11. The zero-order valence-electron chi connectivity index (χ0n) is 16.3. The summed E-state index contributed by atoms with van der Waals surface area (Å²) in [6.07, 6.45) is 1.54. The van der Waals surface area contributed by atoms with Gasteiger partial charge in [-0.15, -0.1) is 0 Å². The van der Waals surface area contributed by atoms with Gasteiger partial charge < -0.3 is 10.6 Å². The van der Waals surface area contributed by atoms with Gasteiger partial charge in [-0.1, -0.05) is 44.5 Å². The molecule has 2 amide bonds. The van der Waals surface area contributed by atoms with Crippen LogP contribution in [0.1, 0.15) is 36.7 Å². The largest absolute Gasteiger partial charge is 0.352 e. The van der Waals surface area contributed by atoms with Gasteiger partial charge in [0.15, 0.2) is 0 Å². The number of H-pyrrole nitrogens is 1. The van der Waals surface area contributed by atoms with Crippen LogP contribution in [-0.4, -0.2) is 22.0 Å². The van der Waals surface area contributed by atoms with Crippen LogP contribution in [0.4, 0.5) is 5.69 Å². The molecule has 7 nitrogen and oxygen atoms in total. The summed E-state index contributed by atoms with van der Waals surface area (Å²) >= 11 is 6.20. The Balaban J connectivity index is 1.79. The van der Waals surface area contributed by atoms with Gasteiger partial charge in [-0.3, -0.25) is 14.4 Å². The quantitative estimate of drug-likeness (QED) is 0.610. The van der Waals surface area contributed by atoms with Gasteiger partial charge >= 0.3 is 0 Å². The molecule has 0 aliphatic rings. The van der Waals surface area contributed by atoms with Crippen molar-refractivity contribution in [2.45, 2.75) is 27.3 Å². The molecule has 0 bridgehead atoms. The van der Waals surface area contributed by atoms with Crippen molar-refractivity contribution in [3.05, 3.63) is 69.1 Å². The monoisotopic (exact) mass is 412 g/mol. The van der Waals surface area contributed by atoms with Crippen molar-refractivity contribution in [1.29, 1.82) is 0 Å². The topological polar surface area (TPSA) is 104 Å². The van der Waals surface area contributed by atoms with Gasteiger partial charge in [0.1, 0.15) is 0 Å². The number of nitrogens with one attached hydrogen (secondary N) is 3. The molecule has 3 N–H and O–H groups in total. The number of amides is 2. The predicted octanol–water partition coefficient (Wildman–Crippen LogP) is 3.49. The summed E-state index contributed by atoms with van der Waals surface area (Å²) in [6.45, 7) is 5.77.